The van der Waals surface area contributed by atoms with E-state index in [1.807, 2.05) is 0 Å². The normalized spacial score (nSPS) is 12.1. The minimum atomic E-state index is -2.90. The van der Waals surface area contributed by atoms with Gasteiger partial charge in [0.2, 0.25) is 0 Å². The maximum absolute atomic E-state index is 15.2. The fourth-order valence-electron chi connectivity index (χ4n) is 3.08. The molecule has 0 saturated heterocycles. The second-order valence-electron chi connectivity index (χ2n) is 6.56. The zero-order valence-corrected chi connectivity index (χ0v) is 24.1. The molecular weight excluding hydrogens is 592 g/mol. The van der Waals surface area contributed by atoms with Crippen molar-refractivity contribution in [3.63, 3.8) is 0 Å². The van der Waals surface area contributed by atoms with Gasteiger partial charge in [-0.3, -0.25) is 0 Å². The monoisotopic (exact) mass is 603 g/mol. The quantitative estimate of drug-likeness (QED) is 0.263. The van der Waals surface area contributed by atoms with Crippen molar-refractivity contribution in [2.24, 2.45) is 0 Å². The molecule has 2 heterocycles. The number of aromatic nitrogens is 5. The van der Waals surface area contributed by atoms with Crippen LogP contribution in [0.4, 0.5) is 27.8 Å². The molecule has 2 aromatic heterocycles. The number of halogens is 6. The van der Waals surface area contributed by atoms with Gasteiger partial charge in [-0.1, -0.05) is 11.6 Å². The van der Waals surface area contributed by atoms with E-state index >= 15 is 4.39 Å². The van der Waals surface area contributed by atoms with E-state index < -0.39 is 35.1 Å². The number of benzene rings is 2. The molecule has 1 atom stereocenters. The summed E-state index contributed by atoms with van der Waals surface area (Å²) in [6.07, 6.45) is 0.850. The maximum atomic E-state index is 15.2. The number of nitrogen functional groups attached to an aromatic ring is 1. The largest absolute Gasteiger partial charge is 0.482 e. The van der Waals surface area contributed by atoms with Gasteiger partial charge < -0.3 is 10.5 Å². The molecule has 14 heteroatoms. The molecule has 0 aliphatic rings. The molecule has 2 N–H and O–H groups in total. The Morgan fingerprint density at radius 1 is 1.09 bits per heavy atom. The number of ether oxygens (including phenoxy) is 1. The average Bonchev–Trinajstić information content (AvgIpc) is 3.24. The van der Waals surface area contributed by atoms with Crippen LogP contribution in [-0.4, -0.2) is 93.6 Å². The van der Waals surface area contributed by atoms with Crippen molar-refractivity contribution in [3.05, 3.63) is 59.2 Å². The predicted molar refractivity (Wildman–Crippen MR) is 110 cm³/mol. The first-order chi connectivity index (χ1) is 15.2. The van der Waals surface area contributed by atoms with Crippen LogP contribution in [0.25, 0.3) is 22.0 Å². The Kier molecular flexibility index (Phi) is 8.24. The summed E-state index contributed by atoms with van der Waals surface area (Å²) >= 11 is 5.64. The van der Waals surface area contributed by atoms with E-state index in [4.69, 9.17) is 22.1 Å². The van der Waals surface area contributed by atoms with Crippen molar-refractivity contribution < 1.29 is 26.7 Å². The Balaban J connectivity index is 0.00000306. The Morgan fingerprint density at radius 2 is 1.82 bits per heavy atom. The van der Waals surface area contributed by atoms with Gasteiger partial charge in [0.25, 0.3) is 0 Å². The SMILES string of the molecule is C[C@H](Oc1cc(F)c(-c2ccc(F)c(Cl)c2F)c2ncnc(N)c12)c1ncn(C(F)F)n1.[Cs]. The zero-order chi connectivity index (χ0) is 23.2. The molecule has 0 saturated carbocycles. The molecule has 0 unspecified atom stereocenters. The Morgan fingerprint density at radius 3 is 2.48 bits per heavy atom. The van der Waals surface area contributed by atoms with Crippen molar-refractivity contribution in [2.75, 3.05) is 5.73 Å². The van der Waals surface area contributed by atoms with Gasteiger partial charge in [-0.25, -0.2) is 28.1 Å². The van der Waals surface area contributed by atoms with Crippen molar-refractivity contribution in [2.45, 2.75) is 19.6 Å². The van der Waals surface area contributed by atoms with Crippen LogP contribution < -0.4 is 10.5 Å². The van der Waals surface area contributed by atoms with Crippen molar-refractivity contribution in [3.8, 4) is 16.9 Å². The van der Waals surface area contributed by atoms with E-state index in [1.165, 1.54) is 6.92 Å². The molecule has 7 nitrogen and oxygen atoms in total. The molecule has 4 rings (SSSR count). The number of hydrogen-bond acceptors (Lipinski definition) is 6. The first-order valence-corrected chi connectivity index (χ1v) is 9.29. The number of anilines is 1. The van der Waals surface area contributed by atoms with Crippen LogP contribution in [0.5, 0.6) is 5.75 Å². The van der Waals surface area contributed by atoms with E-state index in [1.54, 1.807) is 0 Å². The Hall–Kier alpha value is -1.49. The third-order valence-electron chi connectivity index (χ3n) is 4.55. The number of nitrogens with zero attached hydrogens (tertiary/aromatic N) is 5. The van der Waals surface area contributed by atoms with Gasteiger partial charge in [-0.2, -0.15) is 13.5 Å². The minimum absolute atomic E-state index is 0. The molecule has 1 radical (unpaired) electrons. The molecule has 0 fully saturated rings. The van der Waals surface area contributed by atoms with Crippen LogP contribution in [0.3, 0.4) is 0 Å². The molecule has 2 aromatic carbocycles. The molecule has 33 heavy (non-hydrogen) atoms. The minimum Gasteiger partial charge on any atom is -0.482 e. The molecule has 0 bridgehead atoms. The molecule has 0 spiro atoms. The molecule has 0 amide bonds. The van der Waals surface area contributed by atoms with Gasteiger partial charge in [-0.15, -0.1) is 5.10 Å². The third kappa shape index (κ3) is 4.99. The summed E-state index contributed by atoms with van der Waals surface area (Å²) in [5.74, 6) is -3.57. The van der Waals surface area contributed by atoms with Crippen LogP contribution in [0.2, 0.25) is 5.02 Å². The summed E-state index contributed by atoms with van der Waals surface area (Å²) in [6.45, 7) is -1.45. The summed E-state index contributed by atoms with van der Waals surface area (Å²) in [5.41, 5.74) is 5.11. The van der Waals surface area contributed by atoms with Crippen molar-refractivity contribution in [1.82, 2.24) is 24.7 Å². The molecule has 167 valence electrons. The first-order valence-electron chi connectivity index (χ1n) is 8.91. The third-order valence-corrected chi connectivity index (χ3v) is 4.90. The number of alkyl halides is 2. The second-order valence-corrected chi connectivity index (χ2v) is 6.94. The summed E-state index contributed by atoms with van der Waals surface area (Å²) in [6, 6.07) is 2.79. The molecule has 0 aliphatic heterocycles. The van der Waals surface area contributed by atoms with Crippen LogP contribution in [0, 0.1) is 17.5 Å². The number of rotatable bonds is 5. The van der Waals surface area contributed by atoms with Crippen LogP contribution >= 0.6 is 11.6 Å². The standard InChI is InChI=1S/C19H12ClF5N6O.Cs/c1-7(18-29-6-31(30-18)19(24)25)32-11-4-10(22)12(16-13(11)17(26)28-5-27-16)8-2-3-9(21)14(20)15(8)23;/h2-7,19H,1H3,(H2,26,27,28);/t7-;/m0./s1. The second kappa shape index (κ2) is 10.4. The van der Waals surface area contributed by atoms with Crippen LogP contribution in [0.15, 0.2) is 30.9 Å². The molecule has 0 aliphatic carbocycles. The van der Waals surface area contributed by atoms with Crippen LogP contribution in [-0.2, 0) is 0 Å². The summed E-state index contributed by atoms with van der Waals surface area (Å²) in [7, 11) is 0. The van der Waals surface area contributed by atoms with Crippen molar-refractivity contribution >= 4 is 97.2 Å². The predicted octanol–water partition coefficient (Wildman–Crippen LogP) is 4.70. The summed E-state index contributed by atoms with van der Waals surface area (Å²) < 4.78 is 74.9. The van der Waals surface area contributed by atoms with Gasteiger partial charge >= 0.3 is 6.55 Å². The van der Waals surface area contributed by atoms with Gasteiger partial charge in [-0.05, 0) is 19.1 Å². The number of fused-ring (bicyclic) bond motifs is 1. The molecule has 4 aromatic rings. The van der Waals surface area contributed by atoms with E-state index in [0.717, 1.165) is 30.9 Å². The first kappa shape index (κ1) is 26.1. The maximum Gasteiger partial charge on any atom is 0.334 e. The van der Waals surface area contributed by atoms with Gasteiger partial charge in [0, 0.05) is 86.1 Å². The number of hydrogen-bond donors (Lipinski definition) is 1. The van der Waals surface area contributed by atoms with Crippen molar-refractivity contribution in [1.29, 1.82) is 0 Å². The molecular formula is C19H12ClCsF5N6O. The topological polar surface area (TPSA) is 91.7 Å². The fraction of sp³-hybridized carbons (Fsp3) is 0.158. The van der Waals surface area contributed by atoms with Gasteiger partial charge in [0.15, 0.2) is 17.7 Å². The van der Waals surface area contributed by atoms with Gasteiger partial charge in [0.1, 0.15) is 40.9 Å². The van der Waals surface area contributed by atoms with Gasteiger partial charge in [0.05, 0.1) is 10.9 Å². The van der Waals surface area contributed by atoms with E-state index in [2.05, 4.69) is 20.1 Å². The Bertz CT molecular complexity index is 1340. The summed E-state index contributed by atoms with van der Waals surface area (Å²) in [5, 5.41) is 2.80. The summed E-state index contributed by atoms with van der Waals surface area (Å²) in [4.78, 5) is 11.6. The number of nitrogens with two attached hydrogens (primary N) is 1. The smallest absolute Gasteiger partial charge is 0.334 e. The Labute approximate surface area is 246 Å². The van der Waals surface area contributed by atoms with Crippen LogP contribution in [0.1, 0.15) is 25.4 Å². The average molecular weight is 604 g/mol. The van der Waals surface area contributed by atoms with E-state index in [-0.39, 0.29) is 108 Å². The van der Waals surface area contributed by atoms with E-state index in [9.17, 15) is 17.6 Å². The fourth-order valence-corrected chi connectivity index (χ4v) is 3.25. The zero-order valence-electron chi connectivity index (χ0n) is 17.0. The van der Waals surface area contributed by atoms with E-state index in [0.29, 0.717) is 4.68 Å².